The van der Waals surface area contributed by atoms with Crippen LogP contribution < -0.4 is 5.32 Å². The highest BCUT2D eigenvalue weighted by molar-refractivity contribution is 5.79. The number of rotatable bonds is 6. The summed E-state index contributed by atoms with van der Waals surface area (Å²) in [5, 5.41) is 3.08. The SMILES string of the molecule is CC(C)C[C@H]1COCCN1C(=O)NCCN1CCN(C(=O)C2CCC2)CC1. The molecule has 0 unspecified atom stereocenters. The fourth-order valence-corrected chi connectivity index (χ4v) is 4.19. The molecule has 2 saturated heterocycles. The van der Waals surface area contributed by atoms with E-state index in [4.69, 9.17) is 4.74 Å². The molecule has 0 spiro atoms. The molecule has 2 aliphatic heterocycles. The second-order valence-corrected chi connectivity index (χ2v) is 8.58. The molecular weight excluding hydrogens is 344 g/mol. The normalized spacial score (nSPS) is 24.8. The first-order chi connectivity index (χ1) is 13.0. The van der Waals surface area contributed by atoms with E-state index in [0.717, 1.165) is 52.0 Å². The summed E-state index contributed by atoms with van der Waals surface area (Å²) in [4.78, 5) is 31.2. The van der Waals surface area contributed by atoms with E-state index in [-0.39, 0.29) is 12.1 Å². The minimum Gasteiger partial charge on any atom is -0.377 e. The number of piperazine rings is 1. The third-order valence-electron chi connectivity index (χ3n) is 6.07. The fourth-order valence-electron chi connectivity index (χ4n) is 4.19. The maximum atomic E-state index is 12.6. The van der Waals surface area contributed by atoms with Gasteiger partial charge in [-0.2, -0.15) is 0 Å². The van der Waals surface area contributed by atoms with Crippen LogP contribution in [0.3, 0.4) is 0 Å². The van der Waals surface area contributed by atoms with Gasteiger partial charge in [0.15, 0.2) is 0 Å². The zero-order valence-electron chi connectivity index (χ0n) is 17.0. The zero-order valence-corrected chi connectivity index (χ0v) is 17.0. The molecule has 3 rings (SSSR count). The maximum absolute atomic E-state index is 12.6. The first kappa shape index (κ1) is 20.4. The minimum atomic E-state index is 0.0303. The molecule has 2 heterocycles. The van der Waals surface area contributed by atoms with E-state index in [9.17, 15) is 9.59 Å². The predicted octanol–water partition coefficient (Wildman–Crippen LogP) is 1.39. The molecule has 27 heavy (non-hydrogen) atoms. The lowest BCUT2D eigenvalue weighted by Crippen LogP contribution is -2.55. The molecule has 7 nitrogen and oxygen atoms in total. The lowest BCUT2D eigenvalue weighted by Gasteiger charge is -2.38. The number of carbonyl (C=O) groups is 2. The smallest absolute Gasteiger partial charge is 0.317 e. The fraction of sp³-hybridized carbons (Fsp3) is 0.900. The third-order valence-corrected chi connectivity index (χ3v) is 6.07. The summed E-state index contributed by atoms with van der Waals surface area (Å²) in [7, 11) is 0. The molecule has 0 bridgehead atoms. The summed E-state index contributed by atoms with van der Waals surface area (Å²) in [6.07, 6.45) is 4.33. The highest BCUT2D eigenvalue weighted by Crippen LogP contribution is 2.28. The van der Waals surface area contributed by atoms with Crippen LogP contribution in [0.15, 0.2) is 0 Å². The van der Waals surface area contributed by atoms with Crippen molar-refractivity contribution in [3.63, 3.8) is 0 Å². The van der Waals surface area contributed by atoms with E-state index in [2.05, 4.69) is 24.1 Å². The van der Waals surface area contributed by atoms with Gasteiger partial charge in [0.25, 0.3) is 0 Å². The number of hydrogen-bond donors (Lipinski definition) is 1. The lowest BCUT2D eigenvalue weighted by atomic mass is 9.84. The van der Waals surface area contributed by atoms with Crippen molar-refractivity contribution in [1.29, 1.82) is 0 Å². The first-order valence-electron chi connectivity index (χ1n) is 10.7. The number of hydrogen-bond acceptors (Lipinski definition) is 4. The Morgan fingerprint density at radius 2 is 1.85 bits per heavy atom. The molecule has 3 aliphatic rings. The van der Waals surface area contributed by atoms with Gasteiger partial charge in [0.1, 0.15) is 0 Å². The average Bonchev–Trinajstić information content (AvgIpc) is 2.60. The predicted molar refractivity (Wildman–Crippen MR) is 105 cm³/mol. The number of urea groups is 1. The van der Waals surface area contributed by atoms with Crippen LogP contribution in [0, 0.1) is 11.8 Å². The summed E-state index contributed by atoms with van der Waals surface area (Å²) in [6.45, 7) is 11.3. The molecule has 0 aromatic carbocycles. The molecule has 3 amide bonds. The number of morpholine rings is 1. The monoisotopic (exact) mass is 380 g/mol. The maximum Gasteiger partial charge on any atom is 0.317 e. The average molecular weight is 381 g/mol. The van der Waals surface area contributed by atoms with Crippen LogP contribution in [0.5, 0.6) is 0 Å². The van der Waals surface area contributed by atoms with E-state index in [0.29, 0.717) is 44.0 Å². The second kappa shape index (κ2) is 9.73. The van der Waals surface area contributed by atoms with Crippen molar-refractivity contribution in [2.45, 2.75) is 45.6 Å². The number of nitrogens with zero attached hydrogens (tertiary/aromatic N) is 3. The zero-order chi connectivity index (χ0) is 19.2. The van der Waals surface area contributed by atoms with E-state index >= 15 is 0 Å². The van der Waals surface area contributed by atoms with Gasteiger partial charge < -0.3 is 19.9 Å². The summed E-state index contributed by atoms with van der Waals surface area (Å²) in [5.74, 6) is 1.20. The molecule has 0 aromatic heterocycles. The van der Waals surface area contributed by atoms with Crippen molar-refractivity contribution in [3.8, 4) is 0 Å². The van der Waals surface area contributed by atoms with Crippen molar-refractivity contribution >= 4 is 11.9 Å². The van der Waals surface area contributed by atoms with Gasteiger partial charge in [-0.15, -0.1) is 0 Å². The van der Waals surface area contributed by atoms with E-state index in [1.807, 2.05) is 9.80 Å². The Labute approximate surface area is 163 Å². The third kappa shape index (κ3) is 5.57. The van der Waals surface area contributed by atoms with Crippen LogP contribution in [0.1, 0.15) is 39.5 Å². The van der Waals surface area contributed by atoms with Crippen molar-refractivity contribution in [2.24, 2.45) is 11.8 Å². The Morgan fingerprint density at radius 1 is 1.11 bits per heavy atom. The number of ether oxygens (including phenoxy) is 1. The van der Waals surface area contributed by atoms with E-state index in [1.165, 1.54) is 6.42 Å². The Balaban J connectivity index is 1.34. The number of nitrogens with one attached hydrogen (secondary N) is 1. The first-order valence-corrected chi connectivity index (χ1v) is 10.7. The van der Waals surface area contributed by atoms with Gasteiger partial charge in [0, 0.05) is 51.7 Å². The Morgan fingerprint density at radius 3 is 2.48 bits per heavy atom. The largest absolute Gasteiger partial charge is 0.377 e. The van der Waals surface area contributed by atoms with Gasteiger partial charge in [-0.1, -0.05) is 20.3 Å². The van der Waals surface area contributed by atoms with Crippen LogP contribution in [0.2, 0.25) is 0 Å². The molecule has 7 heteroatoms. The molecule has 1 atom stereocenters. The summed E-state index contributed by atoms with van der Waals surface area (Å²) in [5.41, 5.74) is 0. The molecule has 1 N–H and O–H groups in total. The van der Waals surface area contributed by atoms with E-state index < -0.39 is 0 Å². The highest BCUT2D eigenvalue weighted by atomic mass is 16.5. The van der Waals surface area contributed by atoms with Crippen LogP contribution in [-0.4, -0.2) is 91.7 Å². The topological polar surface area (TPSA) is 65.1 Å². The Hall–Kier alpha value is -1.34. The molecule has 1 aliphatic carbocycles. The number of amides is 3. The molecule has 154 valence electrons. The van der Waals surface area contributed by atoms with Crippen molar-refractivity contribution < 1.29 is 14.3 Å². The Bertz CT molecular complexity index is 501. The molecular formula is C20H36N4O3. The standard InChI is InChI=1S/C20H36N4O3/c1-16(2)14-18-15-27-13-12-24(18)20(26)21-6-7-22-8-10-23(11-9-22)19(25)17-4-3-5-17/h16-18H,3-15H2,1-2H3,(H,21,26)/t18-/m0/s1. The Kier molecular flexibility index (Phi) is 7.35. The van der Waals surface area contributed by atoms with Gasteiger partial charge in [0.05, 0.1) is 19.3 Å². The molecule has 3 fully saturated rings. The summed E-state index contributed by atoms with van der Waals surface area (Å²) >= 11 is 0. The van der Waals surface area contributed by atoms with Gasteiger partial charge in [-0.3, -0.25) is 9.69 Å². The van der Waals surface area contributed by atoms with Crippen LogP contribution in [-0.2, 0) is 9.53 Å². The molecule has 0 radical (unpaired) electrons. The number of carbonyl (C=O) groups excluding carboxylic acids is 2. The van der Waals surface area contributed by atoms with Crippen LogP contribution in [0.4, 0.5) is 4.79 Å². The highest BCUT2D eigenvalue weighted by Gasteiger charge is 2.31. The van der Waals surface area contributed by atoms with Crippen molar-refractivity contribution in [2.75, 3.05) is 59.0 Å². The van der Waals surface area contributed by atoms with Gasteiger partial charge in [0.2, 0.25) is 5.91 Å². The van der Waals surface area contributed by atoms with Crippen LogP contribution in [0.25, 0.3) is 0 Å². The van der Waals surface area contributed by atoms with Gasteiger partial charge >= 0.3 is 6.03 Å². The lowest BCUT2D eigenvalue weighted by molar-refractivity contribution is -0.139. The van der Waals surface area contributed by atoms with Gasteiger partial charge in [-0.25, -0.2) is 4.79 Å². The summed E-state index contributed by atoms with van der Waals surface area (Å²) < 4.78 is 5.56. The quantitative estimate of drug-likeness (QED) is 0.756. The second-order valence-electron chi connectivity index (χ2n) is 8.58. The molecule has 0 aromatic rings. The van der Waals surface area contributed by atoms with Crippen molar-refractivity contribution in [3.05, 3.63) is 0 Å². The molecule has 1 saturated carbocycles. The summed E-state index contributed by atoms with van der Waals surface area (Å²) in [6, 6.07) is 0.211. The minimum absolute atomic E-state index is 0.0303. The van der Waals surface area contributed by atoms with E-state index in [1.54, 1.807) is 0 Å². The van der Waals surface area contributed by atoms with Gasteiger partial charge in [-0.05, 0) is 25.2 Å². The van der Waals surface area contributed by atoms with Crippen molar-refractivity contribution in [1.82, 2.24) is 20.0 Å². The van der Waals surface area contributed by atoms with Crippen LogP contribution >= 0.6 is 0 Å².